The zero-order valence-electron chi connectivity index (χ0n) is 12.5. The highest BCUT2D eigenvalue weighted by Crippen LogP contribution is 2.40. The average molecular weight is 312 g/mol. The number of hydrogen-bond donors (Lipinski definition) is 1. The predicted molar refractivity (Wildman–Crippen MR) is 93.0 cm³/mol. The Hall–Kier alpha value is -2.00. The molecular formula is C18H18ClN3. The van der Waals surface area contributed by atoms with Crippen molar-refractivity contribution in [2.45, 2.75) is 25.3 Å². The lowest BCUT2D eigenvalue weighted by Gasteiger charge is -2.33. The molecular weight excluding hydrogens is 294 g/mol. The summed E-state index contributed by atoms with van der Waals surface area (Å²) in [5, 5.41) is 4.24. The van der Waals surface area contributed by atoms with Crippen molar-refractivity contribution in [3.8, 4) is 0 Å². The first-order valence-corrected chi connectivity index (χ1v) is 8.06. The maximum Gasteiger partial charge on any atom is 0.203 e. The fraction of sp³-hybridized carbons (Fsp3) is 0.278. The van der Waals surface area contributed by atoms with Crippen molar-refractivity contribution in [2.75, 3.05) is 17.3 Å². The molecule has 1 N–H and O–H groups in total. The van der Waals surface area contributed by atoms with Gasteiger partial charge in [0.05, 0.1) is 6.04 Å². The van der Waals surface area contributed by atoms with E-state index in [1.54, 1.807) is 0 Å². The van der Waals surface area contributed by atoms with Gasteiger partial charge < -0.3 is 10.2 Å². The fourth-order valence-electron chi connectivity index (χ4n) is 3.35. The third-order valence-corrected chi connectivity index (χ3v) is 4.76. The average Bonchev–Trinajstić information content (AvgIpc) is 2.55. The lowest BCUT2D eigenvalue weighted by Crippen LogP contribution is -2.36. The van der Waals surface area contributed by atoms with E-state index in [9.17, 15) is 0 Å². The van der Waals surface area contributed by atoms with E-state index in [1.165, 1.54) is 29.7 Å². The topological polar surface area (TPSA) is 27.6 Å². The number of nitrogens with one attached hydrogen (secondary N) is 1. The first-order chi connectivity index (χ1) is 10.7. The summed E-state index contributed by atoms with van der Waals surface area (Å²) in [6.45, 7) is 0. The third kappa shape index (κ3) is 2.26. The highest BCUT2D eigenvalue weighted by Gasteiger charge is 2.28. The normalized spacial score (nSPS) is 19.0. The molecule has 0 fully saturated rings. The Bertz CT molecular complexity index is 736. The third-order valence-electron chi connectivity index (χ3n) is 4.51. The molecule has 1 atom stereocenters. The van der Waals surface area contributed by atoms with E-state index in [1.807, 2.05) is 31.3 Å². The summed E-state index contributed by atoms with van der Waals surface area (Å²) in [7, 11) is 2.03. The molecule has 0 saturated heterocycles. The van der Waals surface area contributed by atoms with Crippen molar-refractivity contribution < 1.29 is 0 Å². The standard InChI is InChI=1S/C18H18ClN3/c1-22(14-10-8-13(19)9-11-14)18-20-15-6-2-4-12-5-3-7-16(21-18)17(12)15/h2,4,6,8-11,16H,3,5,7H2,1H3,(H,20,21). The molecule has 3 nitrogen and oxygen atoms in total. The summed E-state index contributed by atoms with van der Waals surface area (Å²) in [5.41, 5.74) is 5.11. The molecule has 112 valence electrons. The van der Waals surface area contributed by atoms with Gasteiger partial charge in [-0.15, -0.1) is 0 Å². The zero-order valence-corrected chi connectivity index (χ0v) is 13.3. The van der Waals surface area contributed by atoms with E-state index in [-0.39, 0.29) is 6.04 Å². The van der Waals surface area contributed by atoms with Crippen LogP contribution in [-0.4, -0.2) is 13.0 Å². The summed E-state index contributed by atoms with van der Waals surface area (Å²) >= 11 is 5.98. The summed E-state index contributed by atoms with van der Waals surface area (Å²) in [4.78, 5) is 7.03. The molecule has 2 aromatic carbocycles. The van der Waals surface area contributed by atoms with Crippen LogP contribution < -0.4 is 10.2 Å². The van der Waals surface area contributed by atoms with Crippen molar-refractivity contribution in [1.82, 2.24) is 0 Å². The van der Waals surface area contributed by atoms with Gasteiger partial charge >= 0.3 is 0 Å². The number of aryl methyl sites for hydroxylation is 1. The second kappa shape index (κ2) is 5.33. The van der Waals surface area contributed by atoms with Crippen LogP contribution in [0.3, 0.4) is 0 Å². The Balaban J connectivity index is 1.70. The molecule has 0 saturated carbocycles. The van der Waals surface area contributed by atoms with Crippen LogP contribution in [0.15, 0.2) is 47.5 Å². The number of nitrogens with zero attached hydrogens (tertiary/aromatic N) is 2. The summed E-state index contributed by atoms with van der Waals surface area (Å²) in [6, 6.07) is 14.6. The van der Waals surface area contributed by atoms with E-state index in [0.29, 0.717) is 0 Å². The quantitative estimate of drug-likeness (QED) is 0.831. The molecule has 4 heteroatoms. The van der Waals surface area contributed by atoms with Gasteiger partial charge in [-0.3, -0.25) is 0 Å². The fourth-order valence-corrected chi connectivity index (χ4v) is 3.48. The van der Waals surface area contributed by atoms with Crippen molar-refractivity contribution in [3.63, 3.8) is 0 Å². The van der Waals surface area contributed by atoms with Gasteiger partial charge in [0.1, 0.15) is 0 Å². The molecule has 4 rings (SSSR count). The van der Waals surface area contributed by atoms with Crippen LogP contribution in [0.25, 0.3) is 0 Å². The Kier molecular flexibility index (Phi) is 3.30. The Morgan fingerprint density at radius 2 is 2.00 bits per heavy atom. The molecule has 2 aromatic rings. The Morgan fingerprint density at radius 3 is 2.82 bits per heavy atom. The molecule has 0 amide bonds. The Morgan fingerprint density at radius 1 is 1.18 bits per heavy atom. The number of aliphatic imine (C=N–C) groups is 1. The largest absolute Gasteiger partial charge is 0.326 e. The maximum absolute atomic E-state index is 5.98. The molecule has 22 heavy (non-hydrogen) atoms. The van der Waals surface area contributed by atoms with Crippen LogP contribution >= 0.6 is 11.6 Å². The van der Waals surface area contributed by atoms with Gasteiger partial charge in [-0.2, -0.15) is 0 Å². The number of benzene rings is 2. The lowest BCUT2D eigenvalue weighted by atomic mass is 9.86. The van der Waals surface area contributed by atoms with Gasteiger partial charge in [0.15, 0.2) is 0 Å². The second-order valence-corrected chi connectivity index (χ2v) is 6.34. The summed E-state index contributed by atoms with van der Waals surface area (Å²) in [5.74, 6) is 0.902. The highest BCUT2D eigenvalue weighted by atomic mass is 35.5. The molecule has 1 aliphatic carbocycles. The van der Waals surface area contributed by atoms with Gasteiger partial charge in [-0.1, -0.05) is 23.7 Å². The highest BCUT2D eigenvalue weighted by molar-refractivity contribution is 6.30. The first kappa shape index (κ1) is 13.6. The number of hydrogen-bond acceptors (Lipinski definition) is 3. The van der Waals surface area contributed by atoms with E-state index < -0.39 is 0 Å². The first-order valence-electron chi connectivity index (χ1n) is 7.68. The number of guanidine groups is 1. The minimum absolute atomic E-state index is 0.283. The van der Waals surface area contributed by atoms with Crippen LogP contribution in [0.5, 0.6) is 0 Å². The molecule has 0 spiro atoms. The van der Waals surface area contributed by atoms with E-state index in [2.05, 4.69) is 28.4 Å². The molecule has 1 unspecified atom stereocenters. The van der Waals surface area contributed by atoms with E-state index in [4.69, 9.17) is 16.6 Å². The number of anilines is 2. The van der Waals surface area contributed by atoms with Crippen molar-refractivity contribution in [1.29, 1.82) is 0 Å². The molecule has 0 aromatic heterocycles. The molecule has 1 heterocycles. The zero-order chi connectivity index (χ0) is 15.1. The van der Waals surface area contributed by atoms with Crippen LogP contribution in [0.1, 0.15) is 30.0 Å². The second-order valence-electron chi connectivity index (χ2n) is 5.90. The van der Waals surface area contributed by atoms with Crippen LogP contribution in [0.4, 0.5) is 11.4 Å². The predicted octanol–water partition coefficient (Wildman–Crippen LogP) is 4.64. The number of rotatable bonds is 1. The van der Waals surface area contributed by atoms with E-state index >= 15 is 0 Å². The van der Waals surface area contributed by atoms with Gasteiger partial charge in [-0.05, 0) is 55.2 Å². The van der Waals surface area contributed by atoms with Gasteiger partial charge in [0.2, 0.25) is 5.96 Å². The molecule has 0 radical (unpaired) electrons. The maximum atomic E-state index is 5.98. The monoisotopic (exact) mass is 311 g/mol. The van der Waals surface area contributed by atoms with Crippen LogP contribution in [-0.2, 0) is 6.42 Å². The molecule has 0 bridgehead atoms. The van der Waals surface area contributed by atoms with Crippen molar-refractivity contribution in [3.05, 3.63) is 58.6 Å². The SMILES string of the molecule is CN(C1=NC2CCCc3cccc(c32)N1)c1ccc(Cl)cc1. The van der Waals surface area contributed by atoms with Gasteiger partial charge in [-0.25, -0.2) is 4.99 Å². The van der Waals surface area contributed by atoms with E-state index in [0.717, 1.165) is 23.1 Å². The van der Waals surface area contributed by atoms with Crippen LogP contribution in [0, 0.1) is 0 Å². The van der Waals surface area contributed by atoms with Gasteiger partial charge in [0.25, 0.3) is 0 Å². The van der Waals surface area contributed by atoms with Crippen LogP contribution in [0.2, 0.25) is 5.02 Å². The van der Waals surface area contributed by atoms with Crippen molar-refractivity contribution >= 4 is 28.9 Å². The van der Waals surface area contributed by atoms with Crippen molar-refractivity contribution in [2.24, 2.45) is 4.99 Å². The molecule has 1 aliphatic heterocycles. The summed E-state index contributed by atoms with van der Waals surface area (Å²) < 4.78 is 0. The van der Waals surface area contributed by atoms with Gasteiger partial charge in [0, 0.05) is 29.0 Å². The molecule has 2 aliphatic rings. The number of halogens is 1. The Labute approximate surface area is 135 Å². The summed E-state index contributed by atoms with van der Waals surface area (Å²) in [6.07, 6.45) is 3.51. The minimum atomic E-state index is 0.283. The lowest BCUT2D eigenvalue weighted by molar-refractivity contribution is 0.569. The minimum Gasteiger partial charge on any atom is -0.326 e. The smallest absolute Gasteiger partial charge is 0.203 e.